The Hall–Kier alpha value is -3.80. The highest BCUT2D eigenvalue weighted by molar-refractivity contribution is 5.81. The fourth-order valence-electron chi connectivity index (χ4n) is 4.72. The number of aromatic nitrogens is 3. The predicted octanol–water partition coefficient (Wildman–Crippen LogP) is 4.65. The highest BCUT2D eigenvalue weighted by Gasteiger charge is 2.41. The molecule has 30 heavy (non-hydrogen) atoms. The Balaban J connectivity index is 1.37. The zero-order valence-electron chi connectivity index (χ0n) is 16.3. The van der Waals surface area contributed by atoms with Gasteiger partial charge < -0.3 is 14.9 Å². The molecule has 2 atom stereocenters. The Labute approximate surface area is 172 Å². The molecule has 1 unspecified atom stereocenters. The molecule has 6 nitrogen and oxygen atoms in total. The van der Waals surface area contributed by atoms with Crippen LogP contribution in [0.25, 0.3) is 28.0 Å². The Morgan fingerprint density at radius 1 is 0.967 bits per heavy atom. The topological polar surface area (TPSA) is 80.4 Å². The van der Waals surface area contributed by atoms with E-state index in [0.717, 1.165) is 39.8 Å². The normalized spacial score (nSPS) is 18.8. The van der Waals surface area contributed by atoms with E-state index in [0.29, 0.717) is 11.5 Å². The number of nitrogens with zero attached hydrogens (tertiary/aromatic N) is 3. The first-order valence-electron chi connectivity index (χ1n) is 9.90. The molecule has 0 saturated heterocycles. The van der Waals surface area contributed by atoms with Crippen molar-refractivity contribution in [3.63, 3.8) is 0 Å². The molecular formula is C24H19N3O3. The molecule has 2 aliphatic rings. The molecule has 6 rings (SSSR count). The molecule has 2 aromatic carbocycles. The van der Waals surface area contributed by atoms with Crippen LogP contribution in [0.5, 0.6) is 17.5 Å². The summed E-state index contributed by atoms with van der Waals surface area (Å²) in [7, 11) is 1.63. The van der Waals surface area contributed by atoms with E-state index in [1.165, 1.54) is 4.57 Å². The maximum atomic E-state index is 10.8. The SMILES string of the molecule is COc1ccc2nc(-c3ccc(-n4c(O)c5c(c4O)[C@@H]4C=CC5C4)cc3)ncc2c1. The van der Waals surface area contributed by atoms with Gasteiger partial charge in [-0.3, -0.25) is 4.57 Å². The molecule has 2 aliphatic carbocycles. The van der Waals surface area contributed by atoms with Crippen LogP contribution in [0.2, 0.25) is 0 Å². The number of fused-ring (bicyclic) bond motifs is 6. The molecule has 0 radical (unpaired) electrons. The van der Waals surface area contributed by atoms with Crippen LogP contribution in [0.3, 0.4) is 0 Å². The maximum Gasteiger partial charge on any atom is 0.202 e. The number of hydrogen-bond acceptors (Lipinski definition) is 5. The van der Waals surface area contributed by atoms with Gasteiger partial charge in [-0.1, -0.05) is 12.2 Å². The van der Waals surface area contributed by atoms with Gasteiger partial charge in [-0.05, 0) is 48.9 Å². The summed E-state index contributed by atoms with van der Waals surface area (Å²) in [4.78, 5) is 9.12. The van der Waals surface area contributed by atoms with Crippen molar-refractivity contribution in [1.82, 2.24) is 14.5 Å². The first-order chi connectivity index (χ1) is 14.6. The predicted molar refractivity (Wildman–Crippen MR) is 113 cm³/mol. The van der Waals surface area contributed by atoms with Crippen LogP contribution in [0.1, 0.15) is 29.4 Å². The highest BCUT2D eigenvalue weighted by Crippen LogP contribution is 2.57. The van der Waals surface area contributed by atoms with Crippen LogP contribution in [0, 0.1) is 0 Å². The Kier molecular flexibility index (Phi) is 3.47. The third kappa shape index (κ3) is 2.30. The molecule has 2 N–H and O–H groups in total. The summed E-state index contributed by atoms with van der Waals surface area (Å²) in [5.74, 6) is 2.03. The first-order valence-corrected chi connectivity index (χ1v) is 9.90. The van der Waals surface area contributed by atoms with E-state index < -0.39 is 0 Å². The van der Waals surface area contributed by atoms with Gasteiger partial charge in [-0.15, -0.1) is 0 Å². The van der Waals surface area contributed by atoms with Gasteiger partial charge in [-0.25, -0.2) is 9.97 Å². The van der Waals surface area contributed by atoms with Gasteiger partial charge >= 0.3 is 0 Å². The maximum absolute atomic E-state index is 10.8. The van der Waals surface area contributed by atoms with Crippen LogP contribution in [-0.2, 0) is 0 Å². The van der Waals surface area contributed by atoms with E-state index in [-0.39, 0.29) is 23.6 Å². The lowest BCUT2D eigenvalue weighted by Crippen LogP contribution is -1.96. The summed E-state index contributed by atoms with van der Waals surface area (Å²) in [6, 6.07) is 13.2. The van der Waals surface area contributed by atoms with E-state index in [4.69, 9.17) is 4.74 Å². The van der Waals surface area contributed by atoms with E-state index in [9.17, 15) is 10.2 Å². The third-order valence-corrected chi connectivity index (χ3v) is 6.19. The van der Waals surface area contributed by atoms with Crippen LogP contribution in [0.15, 0.2) is 60.8 Å². The molecule has 0 aliphatic heterocycles. The molecule has 2 bridgehead atoms. The zero-order valence-corrected chi connectivity index (χ0v) is 16.3. The van der Waals surface area contributed by atoms with Crippen molar-refractivity contribution in [1.29, 1.82) is 0 Å². The van der Waals surface area contributed by atoms with Crippen molar-refractivity contribution < 1.29 is 14.9 Å². The molecule has 2 aromatic heterocycles. The Morgan fingerprint density at radius 3 is 2.33 bits per heavy atom. The van der Waals surface area contributed by atoms with Gasteiger partial charge in [0.25, 0.3) is 0 Å². The summed E-state index contributed by atoms with van der Waals surface area (Å²) >= 11 is 0. The summed E-state index contributed by atoms with van der Waals surface area (Å²) in [5, 5.41) is 22.5. The number of methoxy groups -OCH3 is 1. The quantitative estimate of drug-likeness (QED) is 0.492. The van der Waals surface area contributed by atoms with E-state index in [2.05, 4.69) is 22.1 Å². The minimum Gasteiger partial charge on any atom is -0.497 e. The van der Waals surface area contributed by atoms with E-state index in [1.807, 2.05) is 42.5 Å². The van der Waals surface area contributed by atoms with Crippen molar-refractivity contribution in [2.24, 2.45) is 0 Å². The molecule has 0 saturated carbocycles. The number of ether oxygens (including phenoxy) is 1. The first kappa shape index (κ1) is 17.1. The molecule has 148 valence electrons. The van der Waals surface area contributed by atoms with Gasteiger partial charge in [0, 0.05) is 40.1 Å². The van der Waals surface area contributed by atoms with Gasteiger partial charge in [0.15, 0.2) is 5.82 Å². The average molecular weight is 397 g/mol. The van der Waals surface area contributed by atoms with Crippen LogP contribution >= 0.6 is 0 Å². The number of hydrogen-bond donors (Lipinski definition) is 2. The number of allylic oxidation sites excluding steroid dienone is 2. The summed E-state index contributed by atoms with van der Waals surface area (Å²) in [6.07, 6.45) is 6.96. The number of aromatic hydroxyl groups is 2. The fraction of sp³-hybridized carbons (Fsp3) is 0.167. The highest BCUT2D eigenvalue weighted by atomic mass is 16.5. The Bertz CT molecular complexity index is 1300. The van der Waals surface area contributed by atoms with Crippen molar-refractivity contribution in [3.8, 4) is 34.6 Å². The average Bonchev–Trinajstić information content (AvgIpc) is 3.47. The summed E-state index contributed by atoms with van der Waals surface area (Å²) in [6.45, 7) is 0. The number of rotatable bonds is 3. The Morgan fingerprint density at radius 2 is 1.67 bits per heavy atom. The second kappa shape index (κ2) is 6.10. The molecule has 0 spiro atoms. The van der Waals surface area contributed by atoms with Gasteiger partial charge in [-0.2, -0.15) is 0 Å². The van der Waals surface area contributed by atoms with E-state index in [1.54, 1.807) is 13.3 Å². The van der Waals surface area contributed by atoms with Crippen LogP contribution in [0.4, 0.5) is 0 Å². The monoisotopic (exact) mass is 397 g/mol. The van der Waals surface area contributed by atoms with Crippen molar-refractivity contribution in [3.05, 3.63) is 71.9 Å². The second-order valence-corrected chi connectivity index (χ2v) is 7.81. The molecule has 0 amide bonds. The van der Waals surface area contributed by atoms with Gasteiger partial charge in [0.05, 0.1) is 18.3 Å². The molecule has 6 heteroatoms. The molecular weight excluding hydrogens is 378 g/mol. The third-order valence-electron chi connectivity index (χ3n) is 6.19. The minimum atomic E-state index is 0.128. The lowest BCUT2D eigenvalue weighted by atomic mass is 10.0. The lowest BCUT2D eigenvalue weighted by Gasteiger charge is -2.10. The van der Waals surface area contributed by atoms with Gasteiger partial charge in [0.1, 0.15) is 5.75 Å². The van der Waals surface area contributed by atoms with Crippen molar-refractivity contribution in [2.75, 3.05) is 7.11 Å². The van der Waals surface area contributed by atoms with Crippen LogP contribution < -0.4 is 4.74 Å². The van der Waals surface area contributed by atoms with Crippen LogP contribution in [-0.4, -0.2) is 31.9 Å². The zero-order chi connectivity index (χ0) is 20.4. The fourth-order valence-corrected chi connectivity index (χ4v) is 4.72. The van der Waals surface area contributed by atoms with Crippen molar-refractivity contribution >= 4 is 10.9 Å². The smallest absolute Gasteiger partial charge is 0.202 e. The standard InChI is InChI=1S/C24H19N3O3/c1-30-18-8-9-19-16(11-18)12-25-22(26-19)13-4-6-17(7-5-13)27-23(28)20-14-2-3-15(10-14)21(20)24(27)29/h2-9,11-12,14-15,28-29H,10H2,1H3/t14-,15?/m1/s1. The lowest BCUT2D eigenvalue weighted by molar-refractivity contribution is 0.395. The second-order valence-electron chi connectivity index (χ2n) is 7.81. The summed E-state index contributed by atoms with van der Waals surface area (Å²) < 4.78 is 6.77. The van der Waals surface area contributed by atoms with E-state index >= 15 is 0 Å². The molecule has 2 heterocycles. The minimum absolute atomic E-state index is 0.128. The largest absolute Gasteiger partial charge is 0.497 e. The summed E-state index contributed by atoms with van der Waals surface area (Å²) in [5.41, 5.74) is 4.12. The van der Waals surface area contributed by atoms with Crippen molar-refractivity contribution in [2.45, 2.75) is 18.3 Å². The number of benzene rings is 2. The molecule has 4 aromatic rings. The van der Waals surface area contributed by atoms with Gasteiger partial charge in [0.2, 0.25) is 11.8 Å². The molecule has 0 fully saturated rings.